The number of piperazine rings is 1. The number of benzene rings is 1. The average Bonchev–Trinajstić information content (AvgIpc) is 2.51. The van der Waals surface area contributed by atoms with Crippen molar-refractivity contribution in [2.75, 3.05) is 26.2 Å². The van der Waals surface area contributed by atoms with Crippen LogP contribution in [0.2, 0.25) is 0 Å². The van der Waals surface area contributed by atoms with E-state index in [-0.39, 0.29) is 6.09 Å². The van der Waals surface area contributed by atoms with Crippen LogP contribution in [-0.4, -0.2) is 64.8 Å². The Morgan fingerprint density at radius 1 is 1.19 bits per heavy atom. The Hall–Kier alpha value is -0.835. The first-order valence-electron chi connectivity index (χ1n) is 8.84. The Kier molecular flexibility index (Phi) is 6.98. The normalized spacial score (nSPS) is 15.9. The molecular weight excluding hydrogens is 446 g/mol. The standard InChI is InChI=1S/C18H28BIN2O4/c1-12-14(10-15(20)13(2)16(12)19(24)25)11-21-6-8-22(9-7-21)17(23)26-18(3,4)5/h10,24-25H,6-9,11H2,1-5H3. The van der Waals surface area contributed by atoms with Crippen LogP contribution in [0.4, 0.5) is 4.79 Å². The highest BCUT2D eigenvalue weighted by Crippen LogP contribution is 2.19. The summed E-state index contributed by atoms with van der Waals surface area (Å²) in [6.07, 6.45) is -0.260. The highest BCUT2D eigenvalue weighted by molar-refractivity contribution is 14.1. The van der Waals surface area contributed by atoms with Gasteiger partial charge in [0.25, 0.3) is 0 Å². The number of hydrogen-bond acceptors (Lipinski definition) is 5. The van der Waals surface area contributed by atoms with Gasteiger partial charge < -0.3 is 19.7 Å². The monoisotopic (exact) mass is 474 g/mol. The number of amides is 1. The van der Waals surface area contributed by atoms with E-state index in [0.717, 1.165) is 39.9 Å². The summed E-state index contributed by atoms with van der Waals surface area (Å²) in [5, 5.41) is 19.4. The van der Waals surface area contributed by atoms with Gasteiger partial charge in [0.05, 0.1) is 0 Å². The molecule has 0 spiro atoms. The lowest BCUT2D eigenvalue weighted by molar-refractivity contribution is 0.0139. The van der Waals surface area contributed by atoms with E-state index in [1.54, 1.807) is 4.90 Å². The van der Waals surface area contributed by atoms with E-state index in [0.29, 0.717) is 18.6 Å². The molecule has 0 radical (unpaired) electrons. The van der Waals surface area contributed by atoms with Crippen molar-refractivity contribution in [2.45, 2.75) is 46.8 Å². The average molecular weight is 474 g/mol. The maximum absolute atomic E-state index is 12.2. The summed E-state index contributed by atoms with van der Waals surface area (Å²) >= 11 is 2.23. The van der Waals surface area contributed by atoms with Crippen LogP contribution in [0.25, 0.3) is 0 Å². The first-order valence-corrected chi connectivity index (χ1v) is 9.92. The fraction of sp³-hybridized carbons (Fsp3) is 0.611. The molecule has 2 rings (SSSR count). The van der Waals surface area contributed by atoms with Crippen molar-refractivity contribution in [1.82, 2.24) is 9.80 Å². The molecule has 0 atom stereocenters. The first kappa shape index (κ1) is 21.5. The van der Waals surface area contributed by atoms with E-state index in [2.05, 4.69) is 33.6 Å². The lowest BCUT2D eigenvalue weighted by Gasteiger charge is -2.36. The molecular formula is C18H28BIN2O4. The van der Waals surface area contributed by atoms with Crippen molar-refractivity contribution in [3.05, 3.63) is 26.3 Å². The Morgan fingerprint density at radius 3 is 2.27 bits per heavy atom. The number of halogens is 1. The zero-order valence-corrected chi connectivity index (χ0v) is 18.3. The maximum Gasteiger partial charge on any atom is 0.489 e. The molecule has 1 aliphatic rings. The second-order valence-corrected chi connectivity index (χ2v) is 8.96. The predicted molar refractivity (Wildman–Crippen MR) is 112 cm³/mol. The smallest absolute Gasteiger partial charge is 0.444 e. The van der Waals surface area contributed by atoms with E-state index in [9.17, 15) is 14.8 Å². The summed E-state index contributed by atoms with van der Waals surface area (Å²) in [7, 11) is -1.47. The van der Waals surface area contributed by atoms with Gasteiger partial charge in [-0.25, -0.2) is 4.79 Å². The predicted octanol–water partition coefficient (Wildman–Crippen LogP) is 1.64. The Bertz CT molecular complexity index is 668. The number of ether oxygens (including phenoxy) is 1. The zero-order valence-electron chi connectivity index (χ0n) is 16.2. The number of carbonyl (C=O) groups excluding carboxylic acids is 1. The van der Waals surface area contributed by atoms with Crippen molar-refractivity contribution in [2.24, 2.45) is 0 Å². The van der Waals surface area contributed by atoms with Crippen LogP contribution in [-0.2, 0) is 11.3 Å². The van der Waals surface area contributed by atoms with Gasteiger partial charge in [-0.3, -0.25) is 4.90 Å². The van der Waals surface area contributed by atoms with Crippen LogP contribution in [0.5, 0.6) is 0 Å². The lowest BCUT2D eigenvalue weighted by Crippen LogP contribution is -2.49. The highest BCUT2D eigenvalue weighted by atomic mass is 127. The molecule has 1 amide bonds. The second-order valence-electron chi connectivity index (χ2n) is 7.80. The van der Waals surface area contributed by atoms with Gasteiger partial charge in [-0.15, -0.1) is 0 Å². The topological polar surface area (TPSA) is 73.2 Å². The molecule has 1 aromatic carbocycles. The van der Waals surface area contributed by atoms with Crippen molar-refractivity contribution in [3.8, 4) is 0 Å². The number of rotatable bonds is 3. The molecule has 6 nitrogen and oxygen atoms in total. The summed E-state index contributed by atoms with van der Waals surface area (Å²) in [5.41, 5.74) is 3.04. The molecule has 0 saturated carbocycles. The van der Waals surface area contributed by atoms with Gasteiger partial charge in [-0.2, -0.15) is 0 Å². The minimum atomic E-state index is -1.47. The fourth-order valence-corrected chi connectivity index (χ4v) is 3.83. The van der Waals surface area contributed by atoms with Crippen molar-refractivity contribution >= 4 is 41.3 Å². The first-order chi connectivity index (χ1) is 12.0. The minimum Gasteiger partial charge on any atom is -0.444 e. The van der Waals surface area contributed by atoms with Crippen LogP contribution in [0.1, 0.15) is 37.5 Å². The largest absolute Gasteiger partial charge is 0.489 e. The van der Waals surface area contributed by atoms with Gasteiger partial charge in [-0.1, -0.05) is 0 Å². The van der Waals surface area contributed by atoms with Crippen LogP contribution >= 0.6 is 22.6 Å². The molecule has 0 bridgehead atoms. The highest BCUT2D eigenvalue weighted by Gasteiger charge is 2.27. The molecule has 8 heteroatoms. The second kappa shape index (κ2) is 8.45. The fourth-order valence-electron chi connectivity index (χ4n) is 3.16. The molecule has 1 heterocycles. The maximum atomic E-state index is 12.2. The molecule has 1 fully saturated rings. The third-order valence-electron chi connectivity index (χ3n) is 4.63. The Balaban J connectivity index is 2.03. The van der Waals surface area contributed by atoms with Gasteiger partial charge in [0.2, 0.25) is 0 Å². The van der Waals surface area contributed by atoms with Crippen molar-refractivity contribution in [3.63, 3.8) is 0 Å². The van der Waals surface area contributed by atoms with E-state index < -0.39 is 12.7 Å². The minimum absolute atomic E-state index is 0.260. The molecule has 2 N–H and O–H groups in total. The molecule has 1 aliphatic heterocycles. The van der Waals surface area contributed by atoms with Crippen LogP contribution < -0.4 is 5.46 Å². The van der Waals surface area contributed by atoms with Crippen molar-refractivity contribution < 1.29 is 19.6 Å². The summed E-state index contributed by atoms with van der Waals surface area (Å²) < 4.78 is 6.46. The molecule has 1 aromatic rings. The molecule has 0 aromatic heterocycles. The molecule has 144 valence electrons. The number of carbonyl (C=O) groups is 1. The molecule has 0 unspecified atom stereocenters. The van der Waals surface area contributed by atoms with Gasteiger partial charge in [-0.05, 0) is 85.4 Å². The van der Waals surface area contributed by atoms with Gasteiger partial charge in [0, 0.05) is 36.3 Å². The number of nitrogens with zero attached hydrogens (tertiary/aromatic N) is 2. The van der Waals surface area contributed by atoms with Gasteiger partial charge in [0.1, 0.15) is 5.60 Å². The quantitative estimate of drug-likeness (QED) is 0.515. The van der Waals surface area contributed by atoms with Crippen molar-refractivity contribution in [1.29, 1.82) is 0 Å². The SMILES string of the molecule is Cc1c(I)cc(CN2CCN(C(=O)OC(C)(C)C)CC2)c(C)c1B(O)O. The van der Waals surface area contributed by atoms with Crippen LogP contribution in [0.15, 0.2) is 6.07 Å². The Morgan fingerprint density at radius 2 is 1.77 bits per heavy atom. The molecule has 0 aliphatic carbocycles. The van der Waals surface area contributed by atoms with Gasteiger partial charge >= 0.3 is 13.2 Å². The van der Waals surface area contributed by atoms with Crippen LogP contribution in [0, 0.1) is 17.4 Å². The van der Waals surface area contributed by atoms with E-state index in [1.165, 1.54) is 0 Å². The van der Waals surface area contributed by atoms with E-state index in [1.807, 2.05) is 34.6 Å². The third kappa shape index (κ3) is 5.34. The molecule has 26 heavy (non-hydrogen) atoms. The Labute approximate surface area is 169 Å². The molecule has 1 saturated heterocycles. The summed E-state index contributed by atoms with van der Waals surface area (Å²) in [4.78, 5) is 16.2. The summed E-state index contributed by atoms with van der Waals surface area (Å²) in [6.45, 7) is 13.0. The van der Waals surface area contributed by atoms with Crippen LogP contribution in [0.3, 0.4) is 0 Å². The summed E-state index contributed by atoms with van der Waals surface area (Å²) in [5.74, 6) is 0. The van der Waals surface area contributed by atoms with E-state index in [4.69, 9.17) is 4.74 Å². The summed E-state index contributed by atoms with van der Waals surface area (Å²) in [6, 6.07) is 2.11. The van der Waals surface area contributed by atoms with E-state index >= 15 is 0 Å². The lowest BCUT2D eigenvalue weighted by atomic mass is 9.73. The van der Waals surface area contributed by atoms with Gasteiger partial charge in [0.15, 0.2) is 0 Å². The third-order valence-corrected chi connectivity index (χ3v) is 5.75. The number of hydrogen-bond donors (Lipinski definition) is 2. The zero-order chi connectivity index (χ0) is 19.6.